The summed E-state index contributed by atoms with van der Waals surface area (Å²) >= 11 is 0. The monoisotopic (exact) mass is 557 g/mol. The number of carbonyl (C=O) groups is 1. The molecule has 12 nitrogen and oxygen atoms in total. The third kappa shape index (κ3) is 7.34. The third-order valence-electron chi connectivity index (χ3n) is 5.87. The quantitative estimate of drug-likeness (QED) is 0.235. The molecule has 13 heteroatoms. The molecule has 0 saturated heterocycles. The Kier molecular flexibility index (Phi) is 8.84. The maximum absolute atomic E-state index is 13.7. The molecule has 0 aliphatic rings. The number of aliphatic hydroxyl groups is 1. The van der Waals surface area contributed by atoms with Crippen molar-refractivity contribution in [3.05, 3.63) is 72.4 Å². The Morgan fingerprint density at radius 3 is 2.64 bits per heavy atom. The summed E-state index contributed by atoms with van der Waals surface area (Å²) in [7, 11) is -4.07. The van der Waals surface area contributed by atoms with Crippen LogP contribution in [0.15, 0.2) is 74.9 Å². The molecule has 2 atom stereocenters. The number of hydrogen-bond acceptors (Lipinski definition) is 10. The number of anilines is 1. The summed E-state index contributed by atoms with van der Waals surface area (Å²) in [5.41, 5.74) is 7.10. The smallest absolute Gasteiger partial charge is 0.407 e. The fraction of sp³-hybridized carbons (Fsp3) is 0.346. The van der Waals surface area contributed by atoms with Crippen LogP contribution in [0.3, 0.4) is 0 Å². The number of carbonyl (C=O) groups excluding carboxylic acids is 1. The standard InChI is InChI=1S/C26H31N5O7S/c1-17(2)13-31(39(34,35)20-8-9-21-24(11-20)38-25(27)29-21)14-23(32)22(10-18-6-4-3-5-7-18)30-26(33)36-15-19-12-28-16-37-19/h3-9,11-12,16-17,22-23,32H,10,13-15H2,1-2H3,(H2,27,29)(H,30,33). The van der Waals surface area contributed by atoms with Crippen molar-refractivity contribution in [3.8, 4) is 0 Å². The Balaban J connectivity index is 1.55. The average Bonchev–Trinajstić information content (AvgIpc) is 3.55. The van der Waals surface area contributed by atoms with Gasteiger partial charge in [-0.05, 0) is 30.0 Å². The van der Waals surface area contributed by atoms with E-state index in [0.717, 1.165) is 5.56 Å². The molecule has 39 heavy (non-hydrogen) atoms. The molecule has 0 aliphatic carbocycles. The molecule has 2 unspecified atom stereocenters. The molecule has 4 N–H and O–H groups in total. The fourth-order valence-corrected chi connectivity index (χ4v) is 5.68. The van der Waals surface area contributed by atoms with Crippen LogP contribution in [0.5, 0.6) is 0 Å². The normalized spacial score (nSPS) is 13.6. The number of sulfonamides is 1. The minimum atomic E-state index is -4.07. The average molecular weight is 558 g/mol. The number of oxazole rings is 2. The molecule has 4 rings (SSSR count). The second kappa shape index (κ2) is 12.3. The molecule has 2 aromatic heterocycles. The third-order valence-corrected chi connectivity index (χ3v) is 7.70. The minimum Gasteiger partial charge on any atom is -0.445 e. The van der Waals surface area contributed by atoms with Crippen molar-refractivity contribution in [3.63, 3.8) is 0 Å². The minimum absolute atomic E-state index is 0.0296. The van der Waals surface area contributed by atoms with Gasteiger partial charge in [-0.2, -0.15) is 9.29 Å². The van der Waals surface area contributed by atoms with Gasteiger partial charge < -0.3 is 29.7 Å². The highest BCUT2D eigenvalue weighted by Crippen LogP contribution is 2.24. The lowest BCUT2D eigenvalue weighted by molar-refractivity contribution is 0.0851. The topological polar surface area (TPSA) is 174 Å². The van der Waals surface area contributed by atoms with Gasteiger partial charge in [-0.1, -0.05) is 44.2 Å². The Hall–Kier alpha value is -3.94. The largest absolute Gasteiger partial charge is 0.445 e. The molecule has 208 valence electrons. The number of nitrogens with one attached hydrogen (secondary N) is 1. The van der Waals surface area contributed by atoms with Crippen molar-refractivity contribution in [1.82, 2.24) is 19.6 Å². The zero-order valence-corrected chi connectivity index (χ0v) is 22.4. The number of aromatic nitrogens is 2. The van der Waals surface area contributed by atoms with Crippen LogP contribution in [-0.2, 0) is 27.8 Å². The van der Waals surface area contributed by atoms with Gasteiger partial charge in [-0.15, -0.1) is 0 Å². The summed E-state index contributed by atoms with van der Waals surface area (Å²) in [4.78, 5) is 20.3. The molecule has 2 aromatic carbocycles. The highest BCUT2D eigenvalue weighted by molar-refractivity contribution is 7.89. The van der Waals surface area contributed by atoms with Gasteiger partial charge in [0.25, 0.3) is 6.01 Å². The van der Waals surface area contributed by atoms with Crippen molar-refractivity contribution >= 4 is 33.2 Å². The Morgan fingerprint density at radius 1 is 1.18 bits per heavy atom. The first-order valence-electron chi connectivity index (χ1n) is 12.3. The van der Waals surface area contributed by atoms with Gasteiger partial charge in [0.15, 0.2) is 24.3 Å². The zero-order chi connectivity index (χ0) is 28.0. The number of amides is 1. The van der Waals surface area contributed by atoms with E-state index >= 15 is 0 Å². The van der Waals surface area contributed by atoms with Crippen LogP contribution < -0.4 is 11.1 Å². The van der Waals surface area contributed by atoms with Crippen LogP contribution in [0.2, 0.25) is 0 Å². The van der Waals surface area contributed by atoms with E-state index in [0.29, 0.717) is 11.3 Å². The number of fused-ring (bicyclic) bond motifs is 1. The lowest BCUT2D eigenvalue weighted by atomic mass is 10.0. The van der Waals surface area contributed by atoms with Crippen LogP contribution in [0.25, 0.3) is 11.1 Å². The number of rotatable bonds is 12. The first kappa shape index (κ1) is 28.1. The molecule has 0 saturated carbocycles. The van der Waals surface area contributed by atoms with E-state index in [2.05, 4.69) is 15.3 Å². The fourth-order valence-electron chi connectivity index (χ4n) is 4.04. The molecule has 0 fully saturated rings. The van der Waals surface area contributed by atoms with Crippen molar-refractivity contribution in [2.75, 3.05) is 18.8 Å². The number of aliphatic hydroxyl groups excluding tert-OH is 1. The number of alkyl carbamates (subject to hydrolysis) is 1. The Morgan fingerprint density at radius 2 is 1.95 bits per heavy atom. The van der Waals surface area contributed by atoms with Gasteiger partial charge >= 0.3 is 6.09 Å². The number of hydrogen-bond donors (Lipinski definition) is 3. The van der Waals surface area contributed by atoms with Crippen LogP contribution in [-0.4, -0.2) is 59.1 Å². The predicted molar refractivity (Wildman–Crippen MR) is 142 cm³/mol. The number of nitrogens with zero attached hydrogens (tertiary/aromatic N) is 3. The number of nitrogens with two attached hydrogens (primary N) is 1. The highest BCUT2D eigenvalue weighted by Gasteiger charge is 2.32. The molecule has 0 aliphatic heterocycles. The van der Waals surface area contributed by atoms with Crippen molar-refractivity contribution in [1.29, 1.82) is 0 Å². The van der Waals surface area contributed by atoms with Crippen molar-refractivity contribution in [2.24, 2.45) is 5.92 Å². The van der Waals surface area contributed by atoms with Crippen LogP contribution >= 0.6 is 0 Å². The van der Waals surface area contributed by atoms with E-state index in [1.54, 1.807) is 0 Å². The number of ether oxygens (including phenoxy) is 1. The van der Waals surface area contributed by atoms with Gasteiger partial charge in [0.1, 0.15) is 5.52 Å². The second-order valence-electron chi connectivity index (χ2n) is 9.45. The molecule has 2 heterocycles. The molecule has 1 amide bonds. The predicted octanol–water partition coefficient (Wildman–Crippen LogP) is 2.94. The van der Waals surface area contributed by atoms with E-state index in [1.165, 1.54) is 35.1 Å². The van der Waals surface area contributed by atoms with Gasteiger partial charge in [-0.25, -0.2) is 18.2 Å². The number of benzene rings is 2. The number of nitrogen functional groups attached to an aromatic ring is 1. The highest BCUT2D eigenvalue weighted by atomic mass is 32.2. The summed E-state index contributed by atoms with van der Waals surface area (Å²) in [6.07, 6.45) is 0.803. The SMILES string of the molecule is CC(C)CN(CC(O)C(Cc1ccccc1)NC(=O)OCc1cnco1)S(=O)(=O)c1ccc2nc(N)oc2c1. The molecule has 0 radical (unpaired) electrons. The first-order valence-corrected chi connectivity index (χ1v) is 13.7. The maximum Gasteiger partial charge on any atom is 0.407 e. The Bertz CT molecular complexity index is 1470. The van der Waals surface area contributed by atoms with Crippen LogP contribution in [0, 0.1) is 5.92 Å². The van der Waals surface area contributed by atoms with E-state index in [4.69, 9.17) is 19.3 Å². The van der Waals surface area contributed by atoms with Crippen molar-refractivity contribution in [2.45, 2.75) is 43.9 Å². The van der Waals surface area contributed by atoms with E-state index < -0.39 is 28.3 Å². The lowest BCUT2D eigenvalue weighted by Crippen LogP contribution is -2.51. The summed E-state index contributed by atoms with van der Waals surface area (Å²) < 4.78 is 44.1. The van der Waals surface area contributed by atoms with E-state index in [1.807, 2.05) is 44.2 Å². The van der Waals surface area contributed by atoms with Crippen molar-refractivity contribution < 1.29 is 31.9 Å². The van der Waals surface area contributed by atoms with Gasteiger partial charge in [0.2, 0.25) is 10.0 Å². The zero-order valence-electron chi connectivity index (χ0n) is 21.6. The Labute approximate surface area is 225 Å². The van der Waals surface area contributed by atoms with E-state index in [9.17, 15) is 18.3 Å². The maximum atomic E-state index is 13.7. The van der Waals surface area contributed by atoms with Crippen LogP contribution in [0.1, 0.15) is 25.2 Å². The van der Waals surface area contributed by atoms with Gasteiger partial charge in [0.05, 0.1) is 23.2 Å². The van der Waals surface area contributed by atoms with Gasteiger partial charge in [0, 0.05) is 19.2 Å². The summed E-state index contributed by atoms with van der Waals surface area (Å²) in [5, 5.41) is 14.0. The molecule has 4 aromatic rings. The summed E-state index contributed by atoms with van der Waals surface area (Å²) in [6.45, 7) is 3.44. The molecular formula is C26H31N5O7S. The molecule has 0 spiro atoms. The molecular weight excluding hydrogens is 526 g/mol. The second-order valence-corrected chi connectivity index (χ2v) is 11.4. The first-order chi connectivity index (χ1) is 18.6. The summed E-state index contributed by atoms with van der Waals surface area (Å²) in [5.74, 6) is 0.300. The summed E-state index contributed by atoms with van der Waals surface area (Å²) in [6, 6.07) is 12.6. The van der Waals surface area contributed by atoms with Crippen LogP contribution in [0.4, 0.5) is 10.8 Å². The van der Waals surface area contributed by atoms with Gasteiger partial charge in [-0.3, -0.25) is 0 Å². The van der Waals surface area contributed by atoms with E-state index in [-0.39, 0.29) is 48.5 Å². The lowest BCUT2D eigenvalue weighted by Gasteiger charge is -2.30. The molecule has 0 bridgehead atoms.